The molecule has 2 aromatic carbocycles. The van der Waals surface area contributed by atoms with Crippen molar-refractivity contribution in [3.63, 3.8) is 0 Å². The molecule has 168 valence electrons. The van der Waals surface area contributed by atoms with Crippen LogP contribution in [0.5, 0.6) is 0 Å². The van der Waals surface area contributed by atoms with Gasteiger partial charge < -0.3 is 9.47 Å². The van der Waals surface area contributed by atoms with Gasteiger partial charge in [-0.15, -0.1) is 11.3 Å². The largest absolute Gasteiger partial charge is 0.456 e. The second kappa shape index (κ2) is 8.88. The molecule has 2 aliphatic rings. The van der Waals surface area contributed by atoms with E-state index in [1.54, 1.807) is 0 Å². The van der Waals surface area contributed by atoms with Gasteiger partial charge in [-0.2, -0.15) is 0 Å². The molecule has 1 unspecified atom stereocenters. The Labute approximate surface area is 195 Å². The van der Waals surface area contributed by atoms with E-state index in [4.69, 9.17) is 9.47 Å². The Bertz CT molecular complexity index is 1230. The van der Waals surface area contributed by atoms with E-state index in [0.29, 0.717) is 17.9 Å². The van der Waals surface area contributed by atoms with Crippen LogP contribution in [0, 0.1) is 6.92 Å². The summed E-state index contributed by atoms with van der Waals surface area (Å²) in [5.74, 6) is -1.32. The van der Waals surface area contributed by atoms with Crippen LogP contribution in [0.25, 0.3) is 10.6 Å². The molecule has 7 nitrogen and oxygen atoms in total. The molecule has 1 aromatic heterocycles. The quantitative estimate of drug-likeness (QED) is 0.402. The number of nitrogens with zero attached hydrogens (tertiary/aromatic N) is 2. The summed E-state index contributed by atoms with van der Waals surface area (Å²) in [5.41, 5.74) is 3.59. The molecular weight excluding hydrogens is 440 g/mol. The second-order valence-electron chi connectivity index (χ2n) is 8.20. The lowest BCUT2D eigenvalue weighted by atomic mass is 10.1. The summed E-state index contributed by atoms with van der Waals surface area (Å²) in [4.78, 5) is 43.8. The van der Waals surface area contributed by atoms with E-state index >= 15 is 0 Å². The highest BCUT2D eigenvalue weighted by atomic mass is 32.1. The predicted molar refractivity (Wildman–Crippen MR) is 122 cm³/mol. The Morgan fingerprint density at radius 3 is 2.70 bits per heavy atom. The normalized spacial score (nSPS) is 17.5. The van der Waals surface area contributed by atoms with E-state index in [-0.39, 0.29) is 36.3 Å². The maximum atomic E-state index is 12.8. The van der Waals surface area contributed by atoms with Crippen molar-refractivity contribution in [3.8, 4) is 10.6 Å². The van der Waals surface area contributed by atoms with Gasteiger partial charge in [-0.3, -0.25) is 14.5 Å². The topological polar surface area (TPSA) is 85.8 Å². The highest BCUT2D eigenvalue weighted by molar-refractivity contribution is 7.13. The highest BCUT2D eigenvalue weighted by Gasteiger charge is 2.38. The van der Waals surface area contributed by atoms with Crippen LogP contribution in [0.15, 0.2) is 47.8 Å². The first-order valence-electron chi connectivity index (χ1n) is 10.8. The van der Waals surface area contributed by atoms with Crippen LogP contribution in [0.1, 0.15) is 55.2 Å². The average Bonchev–Trinajstić information content (AvgIpc) is 3.56. The molecule has 1 atom stereocenters. The Balaban J connectivity index is 1.24. The van der Waals surface area contributed by atoms with E-state index in [1.807, 2.05) is 36.6 Å². The first kappa shape index (κ1) is 21.5. The lowest BCUT2D eigenvalue weighted by molar-refractivity contribution is 0.0466. The third kappa shape index (κ3) is 4.31. The van der Waals surface area contributed by atoms with Crippen LogP contribution in [0.3, 0.4) is 0 Å². The van der Waals surface area contributed by atoms with Crippen molar-refractivity contribution in [1.29, 1.82) is 0 Å². The number of thiazole rings is 1. The van der Waals surface area contributed by atoms with Crippen molar-refractivity contribution in [3.05, 3.63) is 75.8 Å². The summed E-state index contributed by atoms with van der Waals surface area (Å²) in [6.45, 7) is 2.94. The average molecular weight is 463 g/mol. The first-order chi connectivity index (χ1) is 16.0. The molecule has 0 saturated carbocycles. The molecule has 1 fully saturated rings. The number of carbonyl (C=O) groups excluding carboxylic acids is 3. The summed E-state index contributed by atoms with van der Waals surface area (Å²) in [6, 6.07) is 12.5. The number of carbonyl (C=O) groups is 3. The van der Waals surface area contributed by atoms with Crippen LogP contribution in [0.4, 0.5) is 0 Å². The molecule has 3 aromatic rings. The van der Waals surface area contributed by atoms with Crippen molar-refractivity contribution >= 4 is 29.1 Å². The van der Waals surface area contributed by atoms with Crippen LogP contribution >= 0.6 is 11.3 Å². The Kier molecular flexibility index (Phi) is 5.78. The summed E-state index contributed by atoms with van der Waals surface area (Å²) in [6.07, 6.45) is 1.63. The maximum Gasteiger partial charge on any atom is 0.338 e. The zero-order valence-electron chi connectivity index (χ0n) is 18.1. The second-order valence-corrected chi connectivity index (χ2v) is 9.06. The van der Waals surface area contributed by atoms with Crippen LogP contribution in [-0.4, -0.2) is 46.9 Å². The molecule has 0 bridgehead atoms. The summed E-state index contributed by atoms with van der Waals surface area (Å²) >= 11 is 1.49. The number of amides is 2. The number of fused-ring (bicyclic) bond motifs is 1. The van der Waals surface area contributed by atoms with E-state index in [2.05, 4.69) is 4.98 Å². The Morgan fingerprint density at radius 1 is 1.15 bits per heavy atom. The third-order valence-electron chi connectivity index (χ3n) is 5.82. The zero-order chi connectivity index (χ0) is 22.9. The standard InChI is InChI=1S/C25H22N2O5S/c1-15-4-6-16(7-5-15)22-26-18(14-33-22)13-32-25(30)17-8-9-20-21(11-17)24(29)27(23(20)28)12-19-3-2-10-31-19/h4-9,11,14,19H,2-3,10,12-13H2,1H3. The number of esters is 1. The van der Waals surface area contributed by atoms with Crippen molar-refractivity contribution < 1.29 is 23.9 Å². The van der Waals surface area contributed by atoms with Crippen LogP contribution < -0.4 is 0 Å². The number of ether oxygens (including phenoxy) is 2. The minimum atomic E-state index is -0.569. The Morgan fingerprint density at radius 2 is 1.94 bits per heavy atom. The molecule has 2 amide bonds. The van der Waals surface area contributed by atoms with Gasteiger partial charge in [-0.05, 0) is 38.0 Å². The fraction of sp³-hybridized carbons (Fsp3) is 0.280. The molecule has 0 aliphatic carbocycles. The molecule has 3 heterocycles. The molecule has 0 radical (unpaired) electrons. The predicted octanol–water partition coefficient (Wildman–Crippen LogP) is 4.25. The van der Waals surface area contributed by atoms with Crippen LogP contribution in [-0.2, 0) is 16.1 Å². The highest BCUT2D eigenvalue weighted by Crippen LogP contribution is 2.27. The van der Waals surface area contributed by atoms with Gasteiger partial charge in [0.15, 0.2) is 0 Å². The minimum absolute atomic E-state index is 0.0241. The third-order valence-corrected chi connectivity index (χ3v) is 6.76. The number of hydrogen-bond acceptors (Lipinski definition) is 7. The zero-order valence-corrected chi connectivity index (χ0v) is 18.9. The molecule has 8 heteroatoms. The van der Waals surface area contributed by atoms with E-state index in [9.17, 15) is 14.4 Å². The van der Waals surface area contributed by atoms with Gasteiger partial charge in [0.2, 0.25) is 0 Å². The molecule has 0 spiro atoms. The molecule has 1 saturated heterocycles. The first-order valence-corrected chi connectivity index (χ1v) is 11.7. The lowest BCUT2D eigenvalue weighted by Crippen LogP contribution is -2.36. The molecule has 33 heavy (non-hydrogen) atoms. The molecule has 0 N–H and O–H groups in total. The van der Waals surface area contributed by atoms with E-state index in [0.717, 1.165) is 23.4 Å². The van der Waals surface area contributed by atoms with Crippen molar-refractivity contribution in [2.75, 3.05) is 13.2 Å². The van der Waals surface area contributed by atoms with Gasteiger partial charge in [0.05, 0.1) is 35.0 Å². The number of hydrogen-bond donors (Lipinski definition) is 0. The van der Waals surface area contributed by atoms with E-state index < -0.39 is 11.9 Å². The van der Waals surface area contributed by atoms with Gasteiger partial charge in [0.25, 0.3) is 11.8 Å². The summed E-state index contributed by atoms with van der Waals surface area (Å²) in [7, 11) is 0. The fourth-order valence-corrected chi connectivity index (χ4v) is 4.81. The monoisotopic (exact) mass is 462 g/mol. The van der Waals surface area contributed by atoms with E-state index in [1.165, 1.54) is 40.0 Å². The number of benzene rings is 2. The number of aryl methyl sites for hydroxylation is 1. The smallest absolute Gasteiger partial charge is 0.338 e. The SMILES string of the molecule is Cc1ccc(-c2nc(COC(=O)c3ccc4c(c3)C(=O)N(CC3CCCO3)C4=O)cs2)cc1. The van der Waals surface area contributed by atoms with Gasteiger partial charge >= 0.3 is 5.97 Å². The maximum absolute atomic E-state index is 12.8. The summed E-state index contributed by atoms with van der Waals surface area (Å²) < 4.78 is 11.0. The van der Waals surface area contributed by atoms with Crippen LogP contribution in [0.2, 0.25) is 0 Å². The van der Waals surface area contributed by atoms with Crippen molar-refractivity contribution in [2.45, 2.75) is 32.5 Å². The van der Waals surface area contributed by atoms with Gasteiger partial charge in [-0.25, -0.2) is 9.78 Å². The van der Waals surface area contributed by atoms with Gasteiger partial charge in [0.1, 0.15) is 11.6 Å². The number of aromatic nitrogens is 1. The Hall–Kier alpha value is -3.36. The van der Waals surface area contributed by atoms with Crippen molar-refractivity contribution in [1.82, 2.24) is 9.88 Å². The van der Waals surface area contributed by atoms with Crippen molar-refractivity contribution in [2.24, 2.45) is 0 Å². The molecule has 5 rings (SSSR count). The number of imide groups is 1. The summed E-state index contributed by atoms with van der Waals surface area (Å²) in [5, 5.41) is 2.71. The molecule has 2 aliphatic heterocycles. The number of rotatable bonds is 6. The fourth-order valence-electron chi connectivity index (χ4n) is 4.00. The van der Waals surface area contributed by atoms with Gasteiger partial charge in [0, 0.05) is 17.6 Å². The van der Waals surface area contributed by atoms with Gasteiger partial charge in [-0.1, -0.05) is 29.8 Å². The minimum Gasteiger partial charge on any atom is -0.456 e. The molecular formula is C25H22N2O5S. The lowest BCUT2D eigenvalue weighted by Gasteiger charge is -2.17.